The summed E-state index contributed by atoms with van der Waals surface area (Å²) in [5.74, 6) is 0.343. The van der Waals surface area contributed by atoms with Crippen molar-refractivity contribution in [2.75, 3.05) is 6.54 Å². The van der Waals surface area contributed by atoms with Crippen molar-refractivity contribution < 1.29 is 14.6 Å². The smallest absolute Gasteiger partial charge is 0.409 e. The summed E-state index contributed by atoms with van der Waals surface area (Å²) in [7, 11) is 0. The fourth-order valence-electron chi connectivity index (χ4n) is 2.40. The molecule has 104 valence electrons. The minimum Gasteiger partial charge on any atom is -0.409 e. The molecular weight excluding hydrogens is 266 g/mol. The van der Waals surface area contributed by atoms with Gasteiger partial charge in [0.2, 0.25) is 0 Å². The molecule has 1 fully saturated rings. The Morgan fingerprint density at radius 3 is 2.79 bits per heavy atom. The third kappa shape index (κ3) is 3.19. The molecule has 0 spiro atoms. The van der Waals surface area contributed by atoms with Gasteiger partial charge in [-0.3, -0.25) is 0 Å². The molecule has 1 saturated heterocycles. The summed E-state index contributed by atoms with van der Waals surface area (Å²) in [5.41, 5.74) is -0.935. The van der Waals surface area contributed by atoms with Crippen LogP contribution in [0.25, 0.3) is 0 Å². The molecule has 1 aliphatic heterocycles. The van der Waals surface area contributed by atoms with Gasteiger partial charge in [0.25, 0.3) is 0 Å². The van der Waals surface area contributed by atoms with Gasteiger partial charge in [-0.2, -0.15) is 0 Å². The van der Waals surface area contributed by atoms with Gasteiger partial charge in [0.1, 0.15) is 0 Å². The van der Waals surface area contributed by atoms with Crippen LogP contribution in [0.15, 0.2) is 24.3 Å². The molecule has 0 saturated carbocycles. The number of halogens is 1. The molecule has 1 N–H and O–H groups in total. The van der Waals surface area contributed by atoms with E-state index in [1.54, 1.807) is 43.0 Å². The molecule has 4 nitrogen and oxygen atoms in total. The van der Waals surface area contributed by atoms with Crippen LogP contribution in [0.3, 0.4) is 0 Å². The van der Waals surface area contributed by atoms with Crippen molar-refractivity contribution in [3.8, 4) is 5.75 Å². The zero-order valence-corrected chi connectivity index (χ0v) is 11.9. The van der Waals surface area contributed by atoms with Gasteiger partial charge in [-0.25, -0.2) is 4.79 Å². The first kappa shape index (κ1) is 14.2. The van der Waals surface area contributed by atoms with Gasteiger partial charge in [-0.15, -0.1) is 0 Å². The molecular formula is C14H18ClNO3. The van der Waals surface area contributed by atoms with Crippen molar-refractivity contribution in [2.24, 2.45) is 0 Å². The third-order valence-corrected chi connectivity index (χ3v) is 3.65. The lowest BCUT2D eigenvalue weighted by Gasteiger charge is -2.33. The second kappa shape index (κ2) is 5.39. The van der Waals surface area contributed by atoms with E-state index in [2.05, 4.69) is 0 Å². The van der Waals surface area contributed by atoms with E-state index in [0.717, 1.165) is 12.8 Å². The Labute approximate surface area is 117 Å². The predicted molar refractivity (Wildman–Crippen MR) is 73.5 cm³/mol. The number of nitrogens with zero attached hydrogens (tertiary/aromatic N) is 1. The van der Waals surface area contributed by atoms with Crippen molar-refractivity contribution in [1.29, 1.82) is 0 Å². The van der Waals surface area contributed by atoms with Gasteiger partial charge in [0.15, 0.2) is 5.75 Å². The molecule has 0 radical (unpaired) electrons. The van der Waals surface area contributed by atoms with E-state index in [4.69, 9.17) is 16.3 Å². The van der Waals surface area contributed by atoms with Crippen molar-refractivity contribution in [1.82, 2.24) is 4.90 Å². The summed E-state index contributed by atoms with van der Waals surface area (Å²) < 4.78 is 5.30. The number of hydrogen-bond donors (Lipinski definition) is 1. The SMILES string of the molecule is CC(C)(O)C1CCCN1C(=O)Oc1ccccc1Cl. The normalized spacial score (nSPS) is 19.6. The molecule has 1 amide bonds. The second-order valence-electron chi connectivity index (χ2n) is 5.30. The highest BCUT2D eigenvalue weighted by Gasteiger charge is 2.39. The summed E-state index contributed by atoms with van der Waals surface area (Å²) in [6, 6.07) is 6.63. The number of benzene rings is 1. The maximum Gasteiger partial charge on any atom is 0.415 e. The van der Waals surface area contributed by atoms with E-state index in [1.165, 1.54) is 0 Å². The van der Waals surface area contributed by atoms with E-state index in [0.29, 0.717) is 17.3 Å². The molecule has 19 heavy (non-hydrogen) atoms. The zero-order valence-electron chi connectivity index (χ0n) is 11.1. The van der Waals surface area contributed by atoms with Crippen LogP contribution in [0.4, 0.5) is 4.79 Å². The molecule has 0 aromatic heterocycles. The Kier molecular flexibility index (Phi) is 4.02. The van der Waals surface area contributed by atoms with E-state index < -0.39 is 11.7 Å². The fraction of sp³-hybridized carbons (Fsp3) is 0.500. The molecule has 1 heterocycles. The fourth-order valence-corrected chi connectivity index (χ4v) is 2.57. The molecule has 1 aliphatic rings. The number of para-hydroxylation sites is 1. The first-order valence-electron chi connectivity index (χ1n) is 6.35. The molecule has 1 atom stereocenters. The Bertz CT molecular complexity index is 470. The van der Waals surface area contributed by atoms with Crippen LogP contribution in [0.5, 0.6) is 5.75 Å². The Balaban J connectivity index is 2.10. The van der Waals surface area contributed by atoms with Crippen LogP contribution in [-0.2, 0) is 0 Å². The first-order chi connectivity index (χ1) is 8.89. The Morgan fingerprint density at radius 2 is 2.16 bits per heavy atom. The average Bonchev–Trinajstić information content (AvgIpc) is 2.81. The predicted octanol–water partition coefficient (Wildman–Crippen LogP) is 3.07. The number of likely N-dealkylation sites (tertiary alicyclic amines) is 1. The highest BCUT2D eigenvalue weighted by atomic mass is 35.5. The minimum absolute atomic E-state index is 0.220. The average molecular weight is 284 g/mol. The summed E-state index contributed by atoms with van der Waals surface area (Å²) in [6.45, 7) is 4.01. The lowest BCUT2D eigenvalue weighted by molar-refractivity contribution is 0.00330. The monoisotopic (exact) mass is 283 g/mol. The van der Waals surface area contributed by atoms with E-state index >= 15 is 0 Å². The summed E-state index contributed by atoms with van der Waals surface area (Å²) in [5, 5.41) is 10.5. The van der Waals surface area contributed by atoms with Crippen molar-refractivity contribution >= 4 is 17.7 Å². The number of ether oxygens (including phenoxy) is 1. The summed E-state index contributed by atoms with van der Waals surface area (Å²) >= 11 is 5.96. The zero-order chi connectivity index (χ0) is 14.0. The molecule has 0 aliphatic carbocycles. The van der Waals surface area contributed by atoms with Crippen LogP contribution < -0.4 is 4.74 Å². The summed E-state index contributed by atoms with van der Waals surface area (Å²) in [6.07, 6.45) is 1.19. The van der Waals surface area contributed by atoms with Crippen LogP contribution >= 0.6 is 11.6 Å². The maximum atomic E-state index is 12.2. The number of rotatable bonds is 2. The van der Waals surface area contributed by atoms with E-state index in [9.17, 15) is 9.90 Å². The molecule has 1 aromatic rings. The van der Waals surface area contributed by atoms with Gasteiger partial charge >= 0.3 is 6.09 Å². The van der Waals surface area contributed by atoms with Crippen LogP contribution in [0.2, 0.25) is 5.02 Å². The van der Waals surface area contributed by atoms with Gasteiger partial charge in [0, 0.05) is 6.54 Å². The van der Waals surface area contributed by atoms with Crippen molar-refractivity contribution in [3.05, 3.63) is 29.3 Å². The third-order valence-electron chi connectivity index (χ3n) is 3.34. The quantitative estimate of drug-likeness (QED) is 0.907. The van der Waals surface area contributed by atoms with Crippen LogP contribution in [0, 0.1) is 0 Å². The molecule has 0 bridgehead atoms. The van der Waals surface area contributed by atoms with Gasteiger partial charge in [0.05, 0.1) is 16.7 Å². The van der Waals surface area contributed by atoms with Crippen molar-refractivity contribution in [2.45, 2.75) is 38.3 Å². The topological polar surface area (TPSA) is 49.8 Å². The number of aliphatic hydroxyl groups is 1. The lowest BCUT2D eigenvalue weighted by atomic mass is 9.97. The van der Waals surface area contributed by atoms with E-state index in [1.807, 2.05) is 0 Å². The second-order valence-corrected chi connectivity index (χ2v) is 5.71. The highest BCUT2D eigenvalue weighted by Crippen LogP contribution is 2.29. The molecule has 2 rings (SSSR count). The highest BCUT2D eigenvalue weighted by molar-refractivity contribution is 6.32. The van der Waals surface area contributed by atoms with Gasteiger partial charge in [-0.1, -0.05) is 23.7 Å². The largest absolute Gasteiger partial charge is 0.415 e. The van der Waals surface area contributed by atoms with Crippen LogP contribution in [0.1, 0.15) is 26.7 Å². The maximum absolute atomic E-state index is 12.2. The Morgan fingerprint density at radius 1 is 1.47 bits per heavy atom. The van der Waals surface area contributed by atoms with Gasteiger partial charge in [-0.05, 0) is 38.8 Å². The minimum atomic E-state index is -0.935. The molecule has 1 unspecified atom stereocenters. The lowest BCUT2D eigenvalue weighted by Crippen LogP contribution is -2.49. The number of carbonyl (C=O) groups is 1. The standard InChI is InChI=1S/C14H18ClNO3/c1-14(2,18)12-8-5-9-16(12)13(17)19-11-7-4-3-6-10(11)15/h3-4,6-7,12,18H,5,8-9H2,1-2H3. The van der Waals surface area contributed by atoms with E-state index in [-0.39, 0.29) is 6.04 Å². The number of amides is 1. The van der Waals surface area contributed by atoms with Crippen molar-refractivity contribution in [3.63, 3.8) is 0 Å². The molecule has 1 aromatic carbocycles. The van der Waals surface area contributed by atoms with Gasteiger partial charge < -0.3 is 14.7 Å². The molecule has 5 heteroatoms. The number of carbonyl (C=O) groups excluding carboxylic acids is 1. The summed E-state index contributed by atoms with van der Waals surface area (Å²) in [4.78, 5) is 13.7. The number of hydrogen-bond acceptors (Lipinski definition) is 3. The van der Waals surface area contributed by atoms with Crippen LogP contribution in [-0.4, -0.2) is 34.3 Å². The first-order valence-corrected chi connectivity index (χ1v) is 6.73. The Hall–Kier alpha value is -1.26.